The fraction of sp³-hybridized carbons (Fsp3) is 1.00. The van der Waals surface area contributed by atoms with Crippen molar-refractivity contribution in [1.82, 2.24) is 8.83 Å². The van der Waals surface area contributed by atoms with Crippen LogP contribution in [0.5, 0.6) is 0 Å². The molecule has 0 aliphatic carbocycles. The van der Waals surface area contributed by atoms with Crippen LogP contribution >= 0.6 is 12.6 Å². The SMILES string of the molecule is O=S1(=O)N2N=NN1C2S. The highest BCUT2D eigenvalue weighted by molar-refractivity contribution is 7.92. The fourth-order valence-corrected chi connectivity index (χ4v) is 2.38. The topological polar surface area (TPSA) is 65.3 Å². The number of rotatable bonds is 0. The molecule has 6 nitrogen and oxygen atoms in total. The Kier molecular flexibility index (Phi) is 0.685. The van der Waals surface area contributed by atoms with E-state index in [2.05, 4.69) is 23.1 Å². The van der Waals surface area contributed by atoms with Gasteiger partial charge in [-0.05, 0) is 10.4 Å². The first-order valence-electron chi connectivity index (χ1n) is 2.07. The monoisotopic (exact) mass is 166 g/mol. The van der Waals surface area contributed by atoms with Crippen LogP contribution in [0.2, 0.25) is 0 Å². The Labute approximate surface area is 56.7 Å². The van der Waals surface area contributed by atoms with Gasteiger partial charge in [-0.2, -0.15) is 8.42 Å². The van der Waals surface area contributed by atoms with Crippen LogP contribution in [0, 0.1) is 0 Å². The highest BCUT2D eigenvalue weighted by Crippen LogP contribution is 2.37. The number of thiol groups is 1. The number of nitrogens with zero attached hydrogens (tertiary/aromatic N) is 4. The van der Waals surface area contributed by atoms with Gasteiger partial charge in [0.15, 0.2) is 0 Å². The smallest absolute Gasteiger partial charge is 0.179 e. The maximum atomic E-state index is 10.6. The summed E-state index contributed by atoms with van der Waals surface area (Å²) >= 11 is 3.84. The molecule has 0 spiro atoms. The molecule has 0 aromatic carbocycles. The molecule has 0 N–H and O–H groups in total. The summed E-state index contributed by atoms with van der Waals surface area (Å²) in [4.78, 5) is 0. The zero-order valence-electron chi connectivity index (χ0n) is 4.04. The normalized spacial score (nSPS) is 29.0. The molecule has 2 bridgehead atoms. The summed E-state index contributed by atoms with van der Waals surface area (Å²) in [5.74, 6) is 0. The molecule has 1 fully saturated rings. The van der Waals surface area contributed by atoms with Gasteiger partial charge in [0.1, 0.15) is 0 Å². The minimum atomic E-state index is -3.32. The summed E-state index contributed by atoms with van der Waals surface area (Å²) < 4.78 is 22.9. The molecule has 8 heteroatoms. The molecule has 50 valence electrons. The summed E-state index contributed by atoms with van der Waals surface area (Å²) in [6.07, 6.45) is 0. The van der Waals surface area contributed by atoms with Crippen LogP contribution in [0.1, 0.15) is 0 Å². The van der Waals surface area contributed by atoms with Crippen molar-refractivity contribution in [3.8, 4) is 0 Å². The molecule has 3 rings (SSSR count). The molecule has 0 saturated carbocycles. The van der Waals surface area contributed by atoms with Gasteiger partial charge in [-0.15, -0.1) is 21.5 Å². The Morgan fingerprint density at radius 1 is 1.33 bits per heavy atom. The van der Waals surface area contributed by atoms with E-state index in [-0.39, 0.29) is 0 Å². The number of hydrogen-bond acceptors (Lipinski definition) is 5. The van der Waals surface area contributed by atoms with Gasteiger partial charge >= 0.3 is 10.2 Å². The molecular weight excluding hydrogens is 164 g/mol. The predicted molar refractivity (Wildman–Crippen MR) is 30.2 cm³/mol. The summed E-state index contributed by atoms with van der Waals surface area (Å²) in [5.41, 5.74) is -0.505. The van der Waals surface area contributed by atoms with Crippen molar-refractivity contribution in [2.75, 3.05) is 0 Å². The molecule has 0 amide bonds. The average Bonchev–Trinajstić information content (AvgIpc) is 2.23. The van der Waals surface area contributed by atoms with Crippen molar-refractivity contribution in [2.45, 2.75) is 5.50 Å². The fourth-order valence-electron chi connectivity index (χ4n) is 0.631. The molecule has 0 aromatic heterocycles. The maximum absolute atomic E-state index is 10.6. The molecule has 0 aromatic rings. The second-order valence-electron chi connectivity index (χ2n) is 1.58. The van der Waals surface area contributed by atoms with Crippen LogP contribution in [0.15, 0.2) is 10.4 Å². The van der Waals surface area contributed by atoms with E-state index in [1.165, 1.54) is 0 Å². The van der Waals surface area contributed by atoms with Gasteiger partial charge in [0.25, 0.3) is 0 Å². The van der Waals surface area contributed by atoms with Crippen molar-refractivity contribution >= 4 is 22.8 Å². The van der Waals surface area contributed by atoms with Gasteiger partial charge in [0.05, 0.1) is 0 Å². The quantitative estimate of drug-likeness (QED) is 0.486. The molecule has 0 atom stereocenters. The summed E-state index contributed by atoms with van der Waals surface area (Å²) in [6, 6.07) is 0. The van der Waals surface area contributed by atoms with Crippen molar-refractivity contribution in [2.24, 2.45) is 10.4 Å². The molecular formula is CH2N4O2S2. The molecule has 3 aliphatic heterocycles. The van der Waals surface area contributed by atoms with Gasteiger partial charge in [0.2, 0.25) is 5.50 Å². The lowest BCUT2D eigenvalue weighted by Crippen LogP contribution is -2.55. The Bertz CT molecular complexity index is 248. The van der Waals surface area contributed by atoms with Gasteiger partial charge in [-0.1, -0.05) is 0 Å². The van der Waals surface area contributed by atoms with Crippen molar-refractivity contribution in [1.29, 1.82) is 0 Å². The van der Waals surface area contributed by atoms with E-state index in [0.717, 1.165) is 8.83 Å². The third-order valence-corrected chi connectivity index (χ3v) is 3.33. The maximum Gasteiger partial charge on any atom is 0.364 e. The molecule has 0 unspecified atom stereocenters. The lowest BCUT2D eigenvalue weighted by Gasteiger charge is -2.32. The van der Waals surface area contributed by atoms with E-state index in [9.17, 15) is 8.42 Å². The van der Waals surface area contributed by atoms with Crippen LogP contribution in [-0.2, 0) is 10.2 Å². The third-order valence-electron chi connectivity index (χ3n) is 1.08. The third kappa shape index (κ3) is 0.378. The predicted octanol–water partition coefficient (Wildman–Crippen LogP) is -0.642. The first kappa shape index (κ1) is 5.30. The van der Waals surface area contributed by atoms with Crippen molar-refractivity contribution in [3.05, 3.63) is 0 Å². The summed E-state index contributed by atoms with van der Waals surface area (Å²) in [5, 5.41) is 6.53. The zero-order valence-corrected chi connectivity index (χ0v) is 5.75. The summed E-state index contributed by atoms with van der Waals surface area (Å²) in [6.45, 7) is 0. The van der Waals surface area contributed by atoms with E-state index in [4.69, 9.17) is 0 Å². The minimum absolute atomic E-state index is 0.505. The second kappa shape index (κ2) is 1.16. The van der Waals surface area contributed by atoms with E-state index >= 15 is 0 Å². The Balaban J connectivity index is 2.51. The standard InChI is InChI=1S/CH2N4O2S2/c6-9(7)4-1(8)5(9)3-2-4/h1,8H. The largest absolute Gasteiger partial charge is 0.364 e. The van der Waals surface area contributed by atoms with Crippen molar-refractivity contribution < 1.29 is 8.42 Å². The highest BCUT2D eigenvalue weighted by atomic mass is 32.2. The van der Waals surface area contributed by atoms with Crippen LogP contribution in [-0.4, -0.2) is 22.7 Å². The summed E-state index contributed by atoms with van der Waals surface area (Å²) in [7, 11) is -3.32. The number of hydrogen-bond donors (Lipinski definition) is 1. The Morgan fingerprint density at radius 3 is 1.89 bits per heavy atom. The van der Waals surface area contributed by atoms with Crippen LogP contribution in [0.25, 0.3) is 0 Å². The van der Waals surface area contributed by atoms with Gasteiger partial charge < -0.3 is 0 Å². The molecule has 9 heavy (non-hydrogen) atoms. The Hall–Kier alpha value is -0.500. The molecule has 0 radical (unpaired) electrons. The van der Waals surface area contributed by atoms with E-state index in [1.54, 1.807) is 0 Å². The molecule has 3 heterocycles. The second-order valence-corrected chi connectivity index (χ2v) is 3.68. The lowest BCUT2D eigenvalue weighted by molar-refractivity contribution is 0.255. The van der Waals surface area contributed by atoms with Gasteiger partial charge in [-0.25, -0.2) is 0 Å². The van der Waals surface area contributed by atoms with Crippen LogP contribution in [0.4, 0.5) is 0 Å². The van der Waals surface area contributed by atoms with Crippen LogP contribution in [0.3, 0.4) is 0 Å². The molecule has 3 aliphatic rings. The Morgan fingerprint density at radius 2 is 1.78 bits per heavy atom. The molecule has 1 saturated heterocycles. The van der Waals surface area contributed by atoms with Gasteiger partial charge in [0, 0.05) is 0 Å². The van der Waals surface area contributed by atoms with Crippen LogP contribution < -0.4 is 0 Å². The lowest BCUT2D eigenvalue weighted by atomic mass is 11.2. The minimum Gasteiger partial charge on any atom is -0.179 e. The van der Waals surface area contributed by atoms with E-state index in [1.807, 2.05) is 0 Å². The first-order chi connectivity index (χ1) is 4.14. The van der Waals surface area contributed by atoms with E-state index in [0.29, 0.717) is 0 Å². The van der Waals surface area contributed by atoms with E-state index < -0.39 is 15.7 Å². The van der Waals surface area contributed by atoms with Crippen molar-refractivity contribution in [3.63, 3.8) is 0 Å². The first-order valence-corrected chi connectivity index (χ1v) is 3.99. The highest BCUT2D eigenvalue weighted by Gasteiger charge is 2.55. The van der Waals surface area contributed by atoms with Gasteiger partial charge in [-0.3, -0.25) is 0 Å². The average molecular weight is 166 g/mol. The zero-order chi connectivity index (χ0) is 6.65.